The molecule has 0 amide bonds. The summed E-state index contributed by atoms with van der Waals surface area (Å²) in [6.07, 6.45) is 2.77. The van der Waals surface area contributed by atoms with E-state index in [9.17, 15) is 4.57 Å². The fraction of sp³-hybridized carbons (Fsp3) is 0.217. The molecular weight excluding hydrogens is 339 g/mol. The third-order valence-corrected chi connectivity index (χ3v) is 6.97. The van der Waals surface area contributed by atoms with Crippen molar-refractivity contribution in [3.05, 3.63) is 96.6 Å². The van der Waals surface area contributed by atoms with Crippen molar-refractivity contribution in [3.8, 4) is 0 Å². The monoisotopic (exact) mass is 364 g/mol. The molecule has 0 bridgehead atoms. The van der Waals surface area contributed by atoms with Crippen LogP contribution in [0.5, 0.6) is 0 Å². The minimum Gasteiger partial charge on any atom is -0.314 e. The normalized spacial score (nSPS) is 12.7. The van der Waals surface area contributed by atoms with Crippen LogP contribution >= 0.6 is 7.37 Å². The van der Waals surface area contributed by atoms with Gasteiger partial charge in [0.2, 0.25) is 0 Å². The van der Waals surface area contributed by atoms with Gasteiger partial charge in [-0.2, -0.15) is 0 Å². The Morgan fingerprint density at radius 3 is 1.69 bits per heavy atom. The molecule has 0 aromatic heterocycles. The van der Waals surface area contributed by atoms with Crippen LogP contribution in [0.2, 0.25) is 0 Å². The van der Waals surface area contributed by atoms with E-state index in [4.69, 9.17) is 4.52 Å². The molecule has 0 aliphatic heterocycles. The molecule has 0 N–H and O–H groups in total. The molecule has 0 fully saturated rings. The first-order chi connectivity index (χ1) is 12.7. The minimum absolute atomic E-state index is 0.192. The smallest absolute Gasteiger partial charge is 0.261 e. The fourth-order valence-corrected chi connectivity index (χ4v) is 5.29. The minimum atomic E-state index is -3.19. The second kappa shape index (κ2) is 8.98. The topological polar surface area (TPSA) is 26.3 Å². The molecule has 26 heavy (non-hydrogen) atoms. The number of benzene rings is 3. The van der Waals surface area contributed by atoms with E-state index in [2.05, 4.69) is 19.1 Å². The van der Waals surface area contributed by atoms with Gasteiger partial charge in [0, 0.05) is 10.6 Å². The molecule has 0 aliphatic rings. The van der Waals surface area contributed by atoms with Gasteiger partial charge in [-0.1, -0.05) is 86.5 Å². The molecule has 134 valence electrons. The van der Waals surface area contributed by atoms with Crippen molar-refractivity contribution in [1.29, 1.82) is 0 Å². The molecule has 3 aromatic carbocycles. The summed E-state index contributed by atoms with van der Waals surface area (Å²) < 4.78 is 20.6. The molecule has 0 saturated heterocycles. The molecule has 0 saturated carbocycles. The van der Waals surface area contributed by atoms with Crippen LogP contribution in [0.25, 0.3) is 0 Å². The SMILES string of the molecule is CCCCC(OP(=O)(c1ccccc1)c1ccccc1)c1ccccc1. The summed E-state index contributed by atoms with van der Waals surface area (Å²) in [5.41, 5.74) is 1.08. The first-order valence-electron chi connectivity index (χ1n) is 9.18. The molecule has 3 rings (SSSR count). The summed E-state index contributed by atoms with van der Waals surface area (Å²) in [6.45, 7) is 2.16. The third kappa shape index (κ3) is 4.33. The molecule has 0 spiro atoms. The lowest BCUT2D eigenvalue weighted by atomic mass is 10.0. The Hall–Kier alpha value is -2.15. The summed E-state index contributed by atoms with van der Waals surface area (Å²) in [5.74, 6) is 0. The molecule has 0 radical (unpaired) electrons. The zero-order valence-corrected chi connectivity index (χ0v) is 16.0. The standard InChI is InChI=1S/C23H25O2P/c1-2-3-19-23(20-13-7-4-8-14-20)25-26(24,21-15-9-5-10-16-21)22-17-11-6-12-18-22/h4-18,23H,2-3,19H2,1H3. The second-order valence-corrected chi connectivity index (χ2v) is 8.72. The molecule has 0 heterocycles. The van der Waals surface area contributed by atoms with E-state index in [0.29, 0.717) is 0 Å². The zero-order valence-electron chi connectivity index (χ0n) is 15.1. The van der Waals surface area contributed by atoms with Crippen LogP contribution in [0, 0.1) is 0 Å². The Bertz CT molecular complexity index is 788. The molecule has 3 aromatic rings. The van der Waals surface area contributed by atoms with E-state index >= 15 is 0 Å². The van der Waals surface area contributed by atoms with Gasteiger partial charge in [-0.05, 0) is 36.2 Å². The molecular formula is C23H25O2P. The Morgan fingerprint density at radius 1 is 0.769 bits per heavy atom. The van der Waals surface area contributed by atoms with Crippen LogP contribution in [0.1, 0.15) is 37.9 Å². The van der Waals surface area contributed by atoms with Crippen molar-refractivity contribution < 1.29 is 9.09 Å². The van der Waals surface area contributed by atoms with Crippen LogP contribution in [0.15, 0.2) is 91.0 Å². The summed E-state index contributed by atoms with van der Waals surface area (Å²) in [6, 6.07) is 29.2. The first-order valence-corrected chi connectivity index (χ1v) is 10.8. The number of hydrogen-bond acceptors (Lipinski definition) is 2. The Kier molecular flexibility index (Phi) is 6.44. The maximum absolute atomic E-state index is 14.1. The van der Waals surface area contributed by atoms with Crippen LogP contribution in [0.4, 0.5) is 0 Å². The predicted molar refractivity (Wildman–Crippen MR) is 110 cm³/mol. The van der Waals surface area contributed by atoms with E-state index < -0.39 is 7.37 Å². The lowest BCUT2D eigenvalue weighted by Crippen LogP contribution is -2.20. The van der Waals surface area contributed by atoms with Gasteiger partial charge in [0.1, 0.15) is 0 Å². The average Bonchev–Trinajstić information content (AvgIpc) is 2.73. The van der Waals surface area contributed by atoms with Crippen molar-refractivity contribution >= 4 is 18.0 Å². The summed E-state index contributed by atoms with van der Waals surface area (Å²) in [4.78, 5) is 0. The predicted octanol–water partition coefficient (Wildman–Crippen LogP) is 5.86. The lowest BCUT2D eigenvalue weighted by Gasteiger charge is -2.26. The third-order valence-electron chi connectivity index (χ3n) is 4.46. The average molecular weight is 364 g/mol. The highest BCUT2D eigenvalue weighted by Crippen LogP contribution is 2.50. The quantitative estimate of drug-likeness (QED) is 0.468. The van der Waals surface area contributed by atoms with Crippen molar-refractivity contribution in [2.45, 2.75) is 32.3 Å². The maximum atomic E-state index is 14.1. The molecule has 1 unspecified atom stereocenters. The first kappa shape index (κ1) is 18.6. The lowest BCUT2D eigenvalue weighted by molar-refractivity contribution is 0.202. The molecule has 3 heteroatoms. The molecule has 1 atom stereocenters. The van der Waals surface area contributed by atoms with Crippen LogP contribution in [-0.4, -0.2) is 0 Å². The van der Waals surface area contributed by atoms with Gasteiger partial charge in [0.25, 0.3) is 7.37 Å². The number of rotatable bonds is 8. The van der Waals surface area contributed by atoms with Crippen molar-refractivity contribution in [1.82, 2.24) is 0 Å². The Morgan fingerprint density at radius 2 is 1.23 bits per heavy atom. The largest absolute Gasteiger partial charge is 0.314 e. The van der Waals surface area contributed by atoms with E-state index in [1.165, 1.54) is 0 Å². The van der Waals surface area contributed by atoms with Gasteiger partial charge in [0.05, 0.1) is 6.10 Å². The van der Waals surface area contributed by atoms with E-state index in [0.717, 1.165) is 35.4 Å². The van der Waals surface area contributed by atoms with Crippen molar-refractivity contribution in [2.75, 3.05) is 0 Å². The Balaban J connectivity index is 2.02. The van der Waals surface area contributed by atoms with Gasteiger partial charge in [-0.15, -0.1) is 0 Å². The highest BCUT2D eigenvalue weighted by molar-refractivity contribution is 7.74. The number of unbranched alkanes of at least 4 members (excludes halogenated alkanes) is 1. The number of hydrogen-bond donors (Lipinski definition) is 0. The van der Waals surface area contributed by atoms with Crippen molar-refractivity contribution in [3.63, 3.8) is 0 Å². The van der Waals surface area contributed by atoms with Gasteiger partial charge in [-0.25, -0.2) is 0 Å². The van der Waals surface area contributed by atoms with Gasteiger partial charge in [-0.3, -0.25) is 4.57 Å². The van der Waals surface area contributed by atoms with Gasteiger partial charge < -0.3 is 4.52 Å². The van der Waals surface area contributed by atoms with Gasteiger partial charge >= 0.3 is 0 Å². The highest BCUT2D eigenvalue weighted by atomic mass is 31.2. The Labute approximate surface area is 156 Å². The fourth-order valence-electron chi connectivity index (χ4n) is 3.04. The van der Waals surface area contributed by atoms with Crippen molar-refractivity contribution in [2.24, 2.45) is 0 Å². The van der Waals surface area contributed by atoms with Crippen LogP contribution in [-0.2, 0) is 9.09 Å². The summed E-state index contributed by atoms with van der Waals surface area (Å²) >= 11 is 0. The van der Waals surface area contributed by atoms with E-state index in [1.807, 2.05) is 78.9 Å². The van der Waals surface area contributed by atoms with E-state index in [-0.39, 0.29) is 6.10 Å². The van der Waals surface area contributed by atoms with Crippen LogP contribution < -0.4 is 10.6 Å². The maximum Gasteiger partial charge on any atom is 0.261 e. The van der Waals surface area contributed by atoms with E-state index in [1.54, 1.807) is 0 Å². The second-order valence-electron chi connectivity index (χ2n) is 6.37. The highest BCUT2D eigenvalue weighted by Gasteiger charge is 2.32. The van der Waals surface area contributed by atoms with Crippen LogP contribution in [0.3, 0.4) is 0 Å². The van der Waals surface area contributed by atoms with Gasteiger partial charge in [0.15, 0.2) is 0 Å². The molecule has 0 aliphatic carbocycles. The molecule has 2 nitrogen and oxygen atoms in total. The summed E-state index contributed by atoms with van der Waals surface area (Å²) in [5, 5.41) is 1.48. The zero-order chi connectivity index (χ0) is 18.2. The summed E-state index contributed by atoms with van der Waals surface area (Å²) in [7, 11) is -3.19.